The van der Waals surface area contributed by atoms with Crippen LogP contribution in [0.1, 0.15) is 5.56 Å². The molecule has 2 N–H and O–H groups in total. The van der Waals surface area contributed by atoms with Crippen LogP contribution in [0.25, 0.3) is 0 Å². The van der Waals surface area contributed by atoms with Crippen LogP contribution in [-0.2, 0) is 18.3 Å². The number of nitrogens with two attached hydrogens (primary N) is 1. The van der Waals surface area contributed by atoms with Crippen LogP contribution in [-0.4, -0.2) is 15.7 Å². The molecular formula is C6H8ClN3O. The van der Waals surface area contributed by atoms with Gasteiger partial charge in [0, 0.05) is 18.8 Å². The van der Waals surface area contributed by atoms with Gasteiger partial charge >= 0.3 is 0 Å². The summed E-state index contributed by atoms with van der Waals surface area (Å²) >= 11 is 5.65. The van der Waals surface area contributed by atoms with Crippen molar-refractivity contribution in [2.45, 2.75) is 6.42 Å². The summed E-state index contributed by atoms with van der Waals surface area (Å²) in [5.74, 6) is -0.403. The Bertz CT molecular complexity index is 281. The molecule has 5 heteroatoms. The summed E-state index contributed by atoms with van der Waals surface area (Å²) in [5.41, 5.74) is 5.64. The Balaban J connectivity index is 2.85. The quantitative estimate of drug-likeness (QED) is 0.690. The van der Waals surface area contributed by atoms with E-state index in [9.17, 15) is 4.79 Å². The largest absolute Gasteiger partial charge is 0.369 e. The van der Waals surface area contributed by atoms with Gasteiger partial charge in [0.15, 0.2) is 5.15 Å². The first-order valence-corrected chi connectivity index (χ1v) is 3.43. The normalized spacial score (nSPS) is 10.0. The van der Waals surface area contributed by atoms with Crippen molar-refractivity contribution in [1.82, 2.24) is 9.78 Å². The van der Waals surface area contributed by atoms with Crippen LogP contribution < -0.4 is 5.73 Å². The van der Waals surface area contributed by atoms with E-state index in [0.717, 1.165) is 0 Å². The van der Waals surface area contributed by atoms with Crippen LogP contribution in [0.2, 0.25) is 5.15 Å². The van der Waals surface area contributed by atoms with E-state index in [1.165, 1.54) is 0 Å². The van der Waals surface area contributed by atoms with Gasteiger partial charge in [-0.25, -0.2) is 0 Å². The van der Waals surface area contributed by atoms with Crippen molar-refractivity contribution >= 4 is 17.5 Å². The van der Waals surface area contributed by atoms with E-state index < -0.39 is 5.91 Å². The fourth-order valence-electron chi connectivity index (χ4n) is 0.817. The van der Waals surface area contributed by atoms with Gasteiger partial charge in [-0.2, -0.15) is 5.10 Å². The summed E-state index contributed by atoms with van der Waals surface area (Å²) in [6.07, 6.45) is 1.82. The van der Waals surface area contributed by atoms with Crippen LogP contribution in [0.15, 0.2) is 6.20 Å². The number of hydrogen-bond acceptors (Lipinski definition) is 2. The van der Waals surface area contributed by atoms with E-state index in [0.29, 0.717) is 10.7 Å². The maximum Gasteiger partial charge on any atom is 0.222 e. The first kappa shape index (κ1) is 8.07. The Morgan fingerprint density at radius 2 is 2.55 bits per heavy atom. The molecular weight excluding hydrogens is 166 g/mol. The summed E-state index contributed by atoms with van der Waals surface area (Å²) < 4.78 is 1.54. The Morgan fingerprint density at radius 3 is 2.91 bits per heavy atom. The number of nitrogens with zero attached hydrogens (tertiary/aromatic N) is 2. The SMILES string of the molecule is Cn1cc(CC(N)=O)c(Cl)n1. The molecule has 0 aliphatic rings. The van der Waals surface area contributed by atoms with E-state index in [1.807, 2.05) is 0 Å². The maximum atomic E-state index is 10.5. The molecule has 0 radical (unpaired) electrons. The highest BCUT2D eigenvalue weighted by molar-refractivity contribution is 6.30. The Morgan fingerprint density at radius 1 is 1.91 bits per heavy atom. The van der Waals surface area contributed by atoms with Crippen molar-refractivity contribution in [2.24, 2.45) is 12.8 Å². The minimum Gasteiger partial charge on any atom is -0.369 e. The molecule has 1 rings (SSSR count). The lowest BCUT2D eigenvalue weighted by Crippen LogP contribution is -2.13. The Kier molecular flexibility index (Phi) is 2.14. The second kappa shape index (κ2) is 2.92. The molecule has 4 nitrogen and oxygen atoms in total. The highest BCUT2D eigenvalue weighted by Crippen LogP contribution is 2.12. The summed E-state index contributed by atoms with van der Waals surface area (Å²) in [6, 6.07) is 0. The highest BCUT2D eigenvalue weighted by Gasteiger charge is 2.06. The fraction of sp³-hybridized carbons (Fsp3) is 0.333. The van der Waals surface area contributed by atoms with Gasteiger partial charge in [0.2, 0.25) is 5.91 Å². The number of rotatable bonds is 2. The lowest BCUT2D eigenvalue weighted by molar-refractivity contribution is -0.117. The van der Waals surface area contributed by atoms with E-state index in [4.69, 9.17) is 17.3 Å². The average molecular weight is 174 g/mol. The van der Waals surface area contributed by atoms with E-state index in [1.54, 1.807) is 17.9 Å². The number of aromatic nitrogens is 2. The molecule has 11 heavy (non-hydrogen) atoms. The Hall–Kier alpha value is -1.03. The molecule has 0 fully saturated rings. The molecule has 0 spiro atoms. The molecule has 0 aliphatic carbocycles. The second-order valence-electron chi connectivity index (χ2n) is 2.26. The lowest BCUT2D eigenvalue weighted by Gasteiger charge is -1.89. The number of hydrogen-bond donors (Lipinski definition) is 1. The molecule has 1 aromatic rings. The number of amides is 1. The van der Waals surface area contributed by atoms with E-state index >= 15 is 0 Å². The van der Waals surface area contributed by atoms with E-state index in [2.05, 4.69) is 5.10 Å². The number of halogens is 1. The molecule has 1 heterocycles. The van der Waals surface area contributed by atoms with Gasteiger partial charge in [0.05, 0.1) is 6.42 Å². The van der Waals surface area contributed by atoms with Gasteiger partial charge in [-0.3, -0.25) is 9.48 Å². The van der Waals surface area contributed by atoms with Gasteiger partial charge in [0.1, 0.15) is 0 Å². The average Bonchev–Trinajstić information content (AvgIpc) is 2.09. The summed E-state index contributed by atoms with van der Waals surface area (Å²) in [7, 11) is 1.73. The van der Waals surface area contributed by atoms with Crippen molar-refractivity contribution in [1.29, 1.82) is 0 Å². The fourth-order valence-corrected chi connectivity index (χ4v) is 1.05. The predicted molar refractivity (Wildman–Crippen MR) is 41.1 cm³/mol. The Labute approximate surface area is 68.9 Å². The summed E-state index contributed by atoms with van der Waals surface area (Å²) in [4.78, 5) is 10.5. The number of primary amides is 1. The zero-order chi connectivity index (χ0) is 8.43. The molecule has 0 atom stereocenters. The molecule has 1 amide bonds. The summed E-state index contributed by atoms with van der Waals surface area (Å²) in [5, 5.41) is 4.18. The van der Waals surface area contributed by atoms with Gasteiger partial charge in [0.25, 0.3) is 0 Å². The third-order valence-electron chi connectivity index (χ3n) is 1.22. The topological polar surface area (TPSA) is 60.9 Å². The number of carbonyl (C=O) groups is 1. The van der Waals surface area contributed by atoms with Crippen LogP contribution in [0.4, 0.5) is 0 Å². The van der Waals surface area contributed by atoms with Crippen molar-refractivity contribution in [2.75, 3.05) is 0 Å². The lowest BCUT2D eigenvalue weighted by atomic mass is 10.2. The smallest absolute Gasteiger partial charge is 0.222 e. The third kappa shape index (κ3) is 1.94. The maximum absolute atomic E-state index is 10.5. The highest BCUT2D eigenvalue weighted by atomic mass is 35.5. The third-order valence-corrected chi connectivity index (χ3v) is 1.54. The minimum atomic E-state index is -0.403. The predicted octanol–water partition coefficient (Wildman–Crippen LogP) is 0.101. The van der Waals surface area contributed by atoms with Crippen LogP contribution >= 0.6 is 11.6 Å². The molecule has 0 bridgehead atoms. The molecule has 0 aromatic carbocycles. The van der Waals surface area contributed by atoms with Crippen LogP contribution in [0.5, 0.6) is 0 Å². The molecule has 0 aliphatic heterocycles. The molecule has 0 saturated carbocycles. The van der Waals surface area contributed by atoms with E-state index in [-0.39, 0.29) is 6.42 Å². The van der Waals surface area contributed by atoms with Crippen molar-refractivity contribution in [3.05, 3.63) is 16.9 Å². The van der Waals surface area contributed by atoms with Gasteiger partial charge in [-0.1, -0.05) is 11.6 Å². The molecule has 1 aromatic heterocycles. The number of aryl methyl sites for hydroxylation is 1. The zero-order valence-electron chi connectivity index (χ0n) is 6.04. The number of carbonyl (C=O) groups excluding carboxylic acids is 1. The van der Waals surface area contributed by atoms with Crippen molar-refractivity contribution in [3.63, 3.8) is 0 Å². The van der Waals surface area contributed by atoms with Gasteiger partial charge in [-0.15, -0.1) is 0 Å². The van der Waals surface area contributed by atoms with Crippen molar-refractivity contribution in [3.8, 4) is 0 Å². The molecule has 0 saturated heterocycles. The standard InChI is InChI=1S/C6H8ClN3O/c1-10-3-4(2-5(8)11)6(7)9-10/h3H,2H2,1H3,(H2,8,11). The molecule has 60 valence electrons. The minimum absolute atomic E-state index is 0.146. The zero-order valence-corrected chi connectivity index (χ0v) is 6.80. The second-order valence-corrected chi connectivity index (χ2v) is 2.62. The molecule has 0 unspecified atom stereocenters. The van der Waals surface area contributed by atoms with Gasteiger partial charge in [-0.05, 0) is 0 Å². The van der Waals surface area contributed by atoms with Crippen molar-refractivity contribution < 1.29 is 4.79 Å². The first-order valence-electron chi connectivity index (χ1n) is 3.06. The monoisotopic (exact) mass is 173 g/mol. The van der Waals surface area contributed by atoms with Crippen LogP contribution in [0.3, 0.4) is 0 Å². The van der Waals surface area contributed by atoms with Crippen LogP contribution in [0, 0.1) is 0 Å². The summed E-state index contributed by atoms with van der Waals surface area (Å²) in [6.45, 7) is 0. The first-order chi connectivity index (χ1) is 5.09. The van der Waals surface area contributed by atoms with Gasteiger partial charge < -0.3 is 5.73 Å².